The lowest BCUT2D eigenvalue weighted by Crippen LogP contribution is -2.38. The van der Waals surface area contributed by atoms with Crippen molar-refractivity contribution in [3.05, 3.63) is 30.3 Å². The van der Waals surface area contributed by atoms with Gasteiger partial charge in [-0.05, 0) is 12.1 Å². The number of aliphatic imine (C=N–C) groups is 1. The number of rotatable bonds is 2. The monoisotopic (exact) mass is 190 g/mol. The molecule has 0 amide bonds. The quantitative estimate of drug-likeness (QED) is 0.681. The smallest absolute Gasteiger partial charge is 0.212 e. The van der Waals surface area contributed by atoms with Crippen LogP contribution >= 0.6 is 0 Å². The van der Waals surface area contributed by atoms with Crippen LogP contribution in [0.1, 0.15) is 0 Å². The Morgan fingerprint density at radius 1 is 1.21 bits per heavy atom. The van der Waals surface area contributed by atoms with Crippen molar-refractivity contribution >= 4 is 11.6 Å². The Kier molecular flexibility index (Phi) is 2.53. The minimum Gasteiger partial charge on any atom is -0.343 e. The number of guanidine groups is 1. The predicted molar refractivity (Wildman–Crippen MR) is 58.1 cm³/mol. The molecule has 1 aliphatic rings. The Morgan fingerprint density at radius 3 is 2.64 bits per heavy atom. The Hall–Kier alpha value is -1.71. The molecule has 0 fully saturated rings. The van der Waals surface area contributed by atoms with Crippen molar-refractivity contribution in [3.63, 3.8) is 0 Å². The first-order chi connectivity index (χ1) is 6.86. The molecule has 0 saturated carbocycles. The average molecular weight is 190 g/mol. The van der Waals surface area contributed by atoms with Gasteiger partial charge in [-0.1, -0.05) is 18.2 Å². The Balaban J connectivity index is 1.89. The zero-order chi connectivity index (χ0) is 9.80. The van der Waals surface area contributed by atoms with Crippen LogP contribution in [0.5, 0.6) is 0 Å². The predicted octanol–water partition coefficient (Wildman–Crippen LogP) is 0.904. The van der Waals surface area contributed by atoms with Crippen LogP contribution in [0.15, 0.2) is 35.3 Å². The van der Waals surface area contributed by atoms with E-state index in [0.29, 0.717) is 0 Å². The Bertz CT molecular complexity index is 320. The van der Waals surface area contributed by atoms with Crippen molar-refractivity contribution in [2.75, 3.05) is 25.6 Å². The average Bonchev–Trinajstić information content (AvgIpc) is 2.63. The maximum atomic E-state index is 4.30. The van der Waals surface area contributed by atoms with E-state index in [1.165, 1.54) is 0 Å². The van der Waals surface area contributed by atoms with Crippen molar-refractivity contribution in [3.8, 4) is 0 Å². The number of hydrazine groups is 1. The van der Waals surface area contributed by atoms with Gasteiger partial charge in [-0.2, -0.15) is 0 Å². The van der Waals surface area contributed by atoms with Gasteiger partial charge in [0.2, 0.25) is 5.96 Å². The van der Waals surface area contributed by atoms with E-state index in [4.69, 9.17) is 0 Å². The summed E-state index contributed by atoms with van der Waals surface area (Å²) in [6, 6.07) is 9.98. The number of hydrogen-bond acceptors (Lipinski definition) is 4. The van der Waals surface area contributed by atoms with Gasteiger partial charge in [-0.25, -0.2) is 4.99 Å². The van der Waals surface area contributed by atoms with Crippen LogP contribution < -0.4 is 10.9 Å². The van der Waals surface area contributed by atoms with Crippen LogP contribution in [-0.4, -0.2) is 31.0 Å². The van der Waals surface area contributed by atoms with Crippen LogP contribution in [0.3, 0.4) is 0 Å². The molecule has 4 nitrogen and oxygen atoms in total. The molecule has 2 N–H and O–H groups in total. The Labute approximate surface area is 83.6 Å². The first-order valence-electron chi connectivity index (χ1n) is 4.69. The molecule has 4 heteroatoms. The van der Waals surface area contributed by atoms with E-state index in [2.05, 4.69) is 20.7 Å². The third-order valence-electron chi connectivity index (χ3n) is 2.15. The van der Waals surface area contributed by atoms with E-state index in [1.54, 1.807) is 0 Å². The van der Waals surface area contributed by atoms with Gasteiger partial charge in [0.25, 0.3) is 0 Å². The van der Waals surface area contributed by atoms with E-state index < -0.39 is 0 Å². The van der Waals surface area contributed by atoms with Crippen LogP contribution in [0.2, 0.25) is 0 Å². The summed E-state index contributed by atoms with van der Waals surface area (Å²) in [5.74, 6) is 0.897. The molecule has 0 radical (unpaired) electrons. The summed E-state index contributed by atoms with van der Waals surface area (Å²) < 4.78 is 0. The topological polar surface area (TPSA) is 39.7 Å². The van der Waals surface area contributed by atoms with E-state index in [9.17, 15) is 0 Å². The molecule has 1 aromatic carbocycles. The van der Waals surface area contributed by atoms with Crippen LogP contribution in [-0.2, 0) is 0 Å². The summed E-state index contributed by atoms with van der Waals surface area (Å²) in [7, 11) is 2.02. The lowest BCUT2D eigenvalue weighted by atomic mass is 10.3. The normalized spacial score (nSPS) is 15.2. The maximum Gasteiger partial charge on any atom is 0.212 e. The second kappa shape index (κ2) is 4.00. The molecule has 14 heavy (non-hydrogen) atoms. The van der Waals surface area contributed by atoms with Crippen molar-refractivity contribution in [2.45, 2.75) is 0 Å². The molecule has 1 aliphatic heterocycles. The number of para-hydroxylation sites is 1. The van der Waals surface area contributed by atoms with E-state index in [-0.39, 0.29) is 0 Å². The molecule has 0 unspecified atom stereocenters. The summed E-state index contributed by atoms with van der Waals surface area (Å²) in [5, 5.41) is 0. The van der Waals surface area contributed by atoms with Gasteiger partial charge in [0.05, 0.1) is 12.2 Å². The molecule has 74 valence electrons. The van der Waals surface area contributed by atoms with Crippen molar-refractivity contribution in [1.82, 2.24) is 10.3 Å². The summed E-state index contributed by atoms with van der Waals surface area (Å²) in [6.07, 6.45) is 0. The molecule has 1 heterocycles. The lowest BCUT2D eigenvalue weighted by molar-refractivity contribution is 0.540. The van der Waals surface area contributed by atoms with Gasteiger partial charge in [0.15, 0.2) is 0 Å². The zero-order valence-corrected chi connectivity index (χ0v) is 8.20. The standard InChI is InChI=1S/C10H14N4/c1-14-8-7-11-10(14)13-12-9-5-3-2-4-6-9/h2-6,12H,7-8H2,1H3,(H,11,13). The van der Waals surface area contributed by atoms with Crippen LogP contribution in [0.4, 0.5) is 5.69 Å². The minimum atomic E-state index is 0.870. The lowest BCUT2D eigenvalue weighted by Gasteiger charge is -2.16. The van der Waals surface area contributed by atoms with Gasteiger partial charge >= 0.3 is 0 Å². The fraction of sp³-hybridized carbons (Fsp3) is 0.300. The summed E-state index contributed by atoms with van der Waals surface area (Å²) in [6.45, 7) is 1.86. The molecule has 0 aliphatic carbocycles. The number of hydrogen-bond donors (Lipinski definition) is 2. The first kappa shape index (κ1) is 8.87. The first-order valence-corrected chi connectivity index (χ1v) is 4.69. The van der Waals surface area contributed by atoms with Crippen LogP contribution in [0.25, 0.3) is 0 Å². The zero-order valence-electron chi connectivity index (χ0n) is 8.20. The summed E-state index contributed by atoms with van der Waals surface area (Å²) in [5.41, 5.74) is 7.21. The van der Waals surface area contributed by atoms with Crippen LogP contribution in [0, 0.1) is 0 Å². The molecule has 0 bridgehead atoms. The fourth-order valence-electron chi connectivity index (χ4n) is 1.32. The number of benzene rings is 1. The highest BCUT2D eigenvalue weighted by Gasteiger charge is 2.10. The third-order valence-corrected chi connectivity index (χ3v) is 2.15. The van der Waals surface area contributed by atoms with Gasteiger partial charge in [-0.15, -0.1) is 0 Å². The fourth-order valence-corrected chi connectivity index (χ4v) is 1.32. The molecule has 0 atom stereocenters. The number of nitrogens with one attached hydrogen (secondary N) is 2. The molecule has 0 aromatic heterocycles. The highest BCUT2D eigenvalue weighted by molar-refractivity contribution is 5.82. The molecule has 0 saturated heterocycles. The largest absolute Gasteiger partial charge is 0.343 e. The highest BCUT2D eigenvalue weighted by Crippen LogP contribution is 2.03. The molecule has 0 spiro atoms. The van der Waals surface area contributed by atoms with E-state index in [1.807, 2.05) is 37.4 Å². The van der Waals surface area contributed by atoms with Crippen molar-refractivity contribution in [2.24, 2.45) is 4.99 Å². The third kappa shape index (κ3) is 1.96. The molecular formula is C10H14N4. The number of nitrogens with zero attached hydrogens (tertiary/aromatic N) is 2. The second-order valence-corrected chi connectivity index (χ2v) is 3.24. The van der Waals surface area contributed by atoms with Crippen molar-refractivity contribution in [1.29, 1.82) is 0 Å². The van der Waals surface area contributed by atoms with Crippen molar-refractivity contribution < 1.29 is 0 Å². The maximum absolute atomic E-state index is 4.30. The summed E-state index contributed by atoms with van der Waals surface area (Å²) >= 11 is 0. The van der Waals surface area contributed by atoms with E-state index >= 15 is 0 Å². The van der Waals surface area contributed by atoms with E-state index in [0.717, 1.165) is 24.7 Å². The SMILES string of the molecule is CN1CCN=C1NNc1ccccc1. The number of likely N-dealkylation sites (N-methyl/N-ethyl adjacent to an activating group) is 1. The molecule has 1 aromatic rings. The van der Waals surface area contributed by atoms with Gasteiger partial charge in [0.1, 0.15) is 0 Å². The molecular weight excluding hydrogens is 176 g/mol. The molecule has 2 rings (SSSR count). The van der Waals surface area contributed by atoms with Gasteiger partial charge in [0, 0.05) is 13.6 Å². The van der Waals surface area contributed by atoms with Gasteiger partial charge in [-0.3, -0.25) is 10.9 Å². The highest BCUT2D eigenvalue weighted by atomic mass is 15.5. The van der Waals surface area contributed by atoms with Gasteiger partial charge < -0.3 is 4.90 Å². The number of anilines is 1. The second-order valence-electron chi connectivity index (χ2n) is 3.24. The minimum absolute atomic E-state index is 0.870. The Morgan fingerprint density at radius 2 is 2.00 bits per heavy atom. The summed E-state index contributed by atoms with van der Waals surface area (Å²) in [4.78, 5) is 6.38.